The predicted molar refractivity (Wildman–Crippen MR) is 94.9 cm³/mol. The van der Waals surface area contributed by atoms with E-state index >= 15 is 0 Å². The lowest BCUT2D eigenvalue weighted by molar-refractivity contribution is -0.277. The third-order valence-electron chi connectivity index (χ3n) is 4.70. The molecule has 5 N–H and O–H groups in total. The SMILES string of the molecule is CCc1c(O[C@@H]2O[C@H](CO)[C@@H](O)[C@H](O)[C@H]2O)c2cc(OC)ccc2[nH]c1=O. The van der Waals surface area contributed by atoms with Gasteiger partial charge >= 0.3 is 0 Å². The first-order valence-corrected chi connectivity index (χ1v) is 8.61. The van der Waals surface area contributed by atoms with Gasteiger partial charge in [0.15, 0.2) is 0 Å². The minimum Gasteiger partial charge on any atom is -0.497 e. The first-order valence-electron chi connectivity index (χ1n) is 8.61. The van der Waals surface area contributed by atoms with Gasteiger partial charge in [-0.25, -0.2) is 0 Å². The quantitative estimate of drug-likeness (QED) is 0.457. The molecule has 0 bridgehead atoms. The zero-order chi connectivity index (χ0) is 19.7. The molecule has 3 rings (SSSR count). The van der Waals surface area contributed by atoms with Gasteiger partial charge in [-0.1, -0.05) is 6.92 Å². The molecule has 2 heterocycles. The fourth-order valence-corrected chi connectivity index (χ4v) is 3.15. The molecule has 0 aliphatic carbocycles. The third-order valence-corrected chi connectivity index (χ3v) is 4.70. The molecular weight excluding hydrogens is 358 g/mol. The van der Waals surface area contributed by atoms with Crippen LogP contribution in [0, 0.1) is 0 Å². The second-order valence-electron chi connectivity index (χ2n) is 6.34. The Morgan fingerprint density at radius 2 is 1.93 bits per heavy atom. The van der Waals surface area contributed by atoms with Gasteiger partial charge in [0.1, 0.15) is 35.9 Å². The molecule has 1 aliphatic rings. The van der Waals surface area contributed by atoms with E-state index < -0.39 is 37.3 Å². The number of aliphatic hydroxyl groups is 4. The molecule has 0 amide bonds. The summed E-state index contributed by atoms with van der Waals surface area (Å²) < 4.78 is 16.4. The van der Waals surface area contributed by atoms with E-state index in [4.69, 9.17) is 14.2 Å². The van der Waals surface area contributed by atoms with Gasteiger partial charge in [0, 0.05) is 5.39 Å². The lowest BCUT2D eigenvalue weighted by Crippen LogP contribution is -2.60. The summed E-state index contributed by atoms with van der Waals surface area (Å²) in [6.07, 6.45) is -6.80. The van der Waals surface area contributed by atoms with Gasteiger partial charge in [-0.2, -0.15) is 0 Å². The maximum Gasteiger partial charge on any atom is 0.255 e. The van der Waals surface area contributed by atoms with E-state index in [1.54, 1.807) is 25.1 Å². The Bertz CT molecular complexity index is 864. The Labute approximate surface area is 154 Å². The number of aromatic nitrogens is 1. The van der Waals surface area contributed by atoms with Crippen molar-refractivity contribution in [3.63, 3.8) is 0 Å². The van der Waals surface area contributed by atoms with Crippen molar-refractivity contribution >= 4 is 10.9 Å². The van der Waals surface area contributed by atoms with Crippen molar-refractivity contribution in [1.29, 1.82) is 0 Å². The van der Waals surface area contributed by atoms with Crippen LogP contribution in [0.2, 0.25) is 0 Å². The summed E-state index contributed by atoms with van der Waals surface area (Å²) in [5, 5.41) is 40.0. The number of hydrogen-bond donors (Lipinski definition) is 5. The molecule has 0 spiro atoms. The van der Waals surface area contributed by atoms with E-state index in [1.165, 1.54) is 7.11 Å². The summed E-state index contributed by atoms with van der Waals surface area (Å²) in [6.45, 7) is 1.20. The van der Waals surface area contributed by atoms with Gasteiger partial charge in [-0.15, -0.1) is 0 Å². The Morgan fingerprint density at radius 3 is 2.56 bits per heavy atom. The number of benzene rings is 1. The van der Waals surface area contributed by atoms with Crippen LogP contribution in [0.1, 0.15) is 12.5 Å². The summed E-state index contributed by atoms with van der Waals surface area (Å²) in [5.41, 5.74) is 0.472. The second-order valence-corrected chi connectivity index (χ2v) is 6.34. The van der Waals surface area contributed by atoms with E-state index in [9.17, 15) is 25.2 Å². The first kappa shape index (κ1) is 19.6. The molecule has 5 atom stereocenters. The van der Waals surface area contributed by atoms with Crippen LogP contribution in [0.15, 0.2) is 23.0 Å². The van der Waals surface area contributed by atoms with Gasteiger partial charge < -0.3 is 39.6 Å². The molecule has 0 unspecified atom stereocenters. The number of aromatic amines is 1. The smallest absolute Gasteiger partial charge is 0.255 e. The molecular formula is C18H23NO8. The van der Waals surface area contributed by atoms with Gasteiger partial charge in [0.05, 0.1) is 24.8 Å². The third kappa shape index (κ3) is 3.52. The van der Waals surface area contributed by atoms with Crippen LogP contribution in [0.5, 0.6) is 11.5 Å². The highest BCUT2D eigenvalue weighted by atomic mass is 16.7. The average Bonchev–Trinajstić information content (AvgIpc) is 2.68. The lowest BCUT2D eigenvalue weighted by atomic mass is 9.99. The van der Waals surface area contributed by atoms with Crippen molar-refractivity contribution in [2.45, 2.75) is 44.1 Å². The number of fused-ring (bicyclic) bond motifs is 1. The number of nitrogens with one attached hydrogen (secondary N) is 1. The molecule has 2 aromatic rings. The number of rotatable bonds is 5. The molecule has 27 heavy (non-hydrogen) atoms. The van der Waals surface area contributed by atoms with Crippen LogP contribution in [0.25, 0.3) is 10.9 Å². The molecule has 9 heteroatoms. The van der Waals surface area contributed by atoms with Gasteiger partial charge in [0.25, 0.3) is 5.56 Å². The second kappa shape index (κ2) is 7.83. The summed E-state index contributed by atoms with van der Waals surface area (Å²) in [7, 11) is 1.51. The maximum atomic E-state index is 12.4. The Kier molecular flexibility index (Phi) is 5.68. The fraction of sp³-hybridized carbons (Fsp3) is 0.500. The number of hydrogen-bond acceptors (Lipinski definition) is 8. The maximum absolute atomic E-state index is 12.4. The van der Waals surface area contributed by atoms with Crippen LogP contribution in [0.3, 0.4) is 0 Å². The molecule has 9 nitrogen and oxygen atoms in total. The average molecular weight is 381 g/mol. The standard InChI is InChI=1S/C18H23NO8/c1-3-9-16(10-6-8(25-2)4-5-11(10)19-17(9)24)27-18-15(23)14(22)13(21)12(7-20)26-18/h4-6,12-15,18,20-23H,3,7H2,1-2H3,(H,19,24)/t12-,13-,14+,15-,18+/m1/s1. The van der Waals surface area contributed by atoms with E-state index in [2.05, 4.69) is 4.98 Å². The summed E-state index contributed by atoms with van der Waals surface area (Å²) in [5.74, 6) is 0.717. The molecule has 1 aliphatic heterocycles. The lowest BCUT2D eigenvalue weighted by Gasteiger charge is -2.39. The molecule has 148 valence electrons. The van der Waals surface area contributed by atoms with Crippen molar-refractivity contribution in [2.24, 2.45) is 0 Å². The highest BCUT2D eigenvalue weighted by Crippen LogP contribution is 2.33. The molecule has 1 aromatic heterocycles. The van der Waals surface area contributed by atoms with Crippen molar-refractivity contribution in [1.82, 2.24) is 4.98 Å². The zero-order valence-electron chi connectivity index (χ0n) is 15.0. The van der Waals surface area contributed by atoms with E-state index in [0.29, 0.717) is 28.6 Å². The van der Waals surface area contributed by atoms with Crippen LogP contribution >= 0.6 is 0 Å². The molecule has 0 saturated carbocycles. The topological polar surface area (TPSA) is 141 Å². The molecule has 1 saturated heterocycles. The van der Waals surface area contributed by atoms with Crippen molar-refractivity contribution in [3.05, 3.63) is 34.1 Å². The minimum absolute atomic E-state index is 0.180. The molecule has 1 aromatic carbocycles. The fourth-order valence-electron chi connectivity index (χ4n) is 3.15. The summed E-state index contributed by atoms with van der Waals surface area (Å²) in [6, 6.07) is 5.01. The van der Waals surface area contributed by atoms with Crippen molar-refractivity contribution < 1.29 is 34.6 Å². The highest BCUT2D eigenvalue weighted by molar-refractivity contribution is 5.87. The number of ether oxygens (including phenoxy) is 3. The molecule has 1 fully saturated rings. The van der Waals surface area contributed by atoms with Gasteiger partial charge in [-0.05, 0) is 24.6 Å². The Balaban J connectivity index is 2.08. The largest absolute Gasteiger partial charge is 0.497 e. The van der Waals surface area contributed by atoms with Crippen molar-refractivity contribution in [2.75, 3.05) is 13.7 Å². The normalized spacial score (nSPS) is 28.3. The predicted octanol–water partition coefficient (Wildman–Crippen LogP) is -0.722. The van der Waals surface area contributed by atoms with Crippen LogP contribution < -0.4 is 15.0 Å². The minimum atomic E-state index is -1.58. The monoisotopic (exact) mass is 381 g/mol. The Morgan fingerprint density at radius 1 is 1.19 bits per heavy atom. The number of H-pyrrole nitrogens is 1. The van der Waals surface area contributed by atoms with Crippen LogP contribution in [-0.2, 0) is 11.2 Å². The first-order chi connectivity index (χ1) is 12.9. The van der Waals surface area contributed by atoms with E-state index in [1.807, 2.05) is 0 Å². The number of methoxy groups -OCH3 is 1. The van der Waals surface area contributed by atoms with E-state index in [0.717, 1.165) is 0 Å². The summed E-state index contributed by atoms with van der Waals surface area (Å²) >= 11 is 0. The highest BCUT2D eigenvalue weighted by Gasteiger charge is 2.45. The Hall–Kier alpha value is -2.17. The van der Waals surface area contributed by atoms with Crippen LogP contribution in [-0.4, -0.2) is 69.8 Å². The number of pyridine rings is 1. The van der Waals surface area contributed by atoms with Crippen molar-refractivity contribution in [3.8, 4) is 11.5 Å². The summed E-state index contributed by atoms with van der Waals surface area (Å²) in [4.78, 5) is 15.2. The van der Waals surface area contributed by atoms with E-state index in [-0.39, 0.29) is 11.3 Å². The van der Waals surface area contributed by atoms with Gasteiger partial charge in [-0.3, -0.25) is 4.79 Å². The number of aliphatic hydroxyl groups excluding tert-OH is 4. The van der Waals surface area contributed by atoms with Gasteiger partial charge in [0.2, 0.25) is 6.29 Å². The zero-order valence-corrected chi connectivity index (χ0v) is 15.0. The molecule has 0 radical (unpaired) electrons. The van der Waals surface area contributed by atoms with Crippen LogP contribution in [0.4, 0.5) is 0 Å².